The van der Waals surface area contributed by atoms with Crippen LogP contribution >= 0.6 is 0 Å². The Morgan fingerprint density at radius 1 is 1.03 bits per heavy atom. The topological polar surface area (TPSA) is 31.2 Å². The number of carbonyl (C=O) groups is 1. The van der Waals surface area contributed by atoms with Crippen LogP contribution in [0.25, 0.3) is 0 Å². The minimum Gasteiger partial charge on any atom is -0.466 e. The fourth-order valence-corrected chi connectivity index (χ4v) is 5.17. The molecular formula is C29H40F3NO2. The molecule has 2 aromatic rings. The molecule has 1 aromatic heterocycles. The molecule has 4 rings (SSSR count). The van der Waals surface area contributed by atoms with Crippen LogP contribution in [0.5, 0.6) is 0 Å². The van der Waals surface area contributed by atoms with E-state index in [1.807, 2.05) is 6.92 Å². The van der Waals surface area contributed by atoms with Gasteiger partial charge in [0.05, 0.1) is 18.6 Å². The molecule has 0 bridgehead atoms. The monoisotopic (exact) mass is 491 g/mol. The van der Waals surface area contributed by atoms with Crippen LogP contribution in [0.15, 0.2) is 24.3 Å². The van der Waals surface area contributed by atoms with Crippen molar-refractivity contribution in [2.24, 2.45) is 5.92 Å². The molecule has 6 heteroatoms. The van der Waals surface area contributed by atoms with Crippen LogP contribution in [0.1, 0.15) is 106 Å². The highest BCUT2D eigenvalue weighted by Gasteiger charge is 2.33. The first-order valence-electron chi connectivity index (χ1n) is 13.2. The summed E-state index contributed by atoms with van der Waals surface area (Å²) in [4.78, 5) is 12.2. The average Bonchev–Trinajstić information content (AvgIpc) is 3.14. The maximum absolute atomic E-state index is 12.9. The van der Waals surface area contributed by atoms with Gasteiger partial charge in [0.25, 0.3) is 0 Å². The van der Waals surface area contributed by atoms with Gasteiger partial charge in [-0.2, -0.15) is 13.2 Å². The van der Waals surface area contributed by atoms with Gasteiger partial charge >= 0.3 is 12.1 Å². The predicted octanol–water partition coefficient (Wildman–Crippen LogP) is 7.86. The van der Waals surface area contributed by atoms with Gasteiger partial charge in [-0.1, -0.05) is 39.3 Å². The van der Waals surface area contributed by atoms with E-state index in [1.54, 1.807) is 12.1 Å². The van der Waals surface area contributed by atoms with Crippen LogP contribution < -0.4 is 0 Å². The Bertz CT molecular complexity index is 973. The van der Waals surface area contributed by atoms with E-state index in [-0.39, 0.29) is 11.9 Å². The smallest absolute Gasteiger partial charge is 0.416 e. The number of benzene rings is 1. The van der Waals surface area contributed by atoms with Crippen molar-refractivity contribution in [3.05, 3.63) is 57.9 Å². The van der Waals surface area contributed by atoms with E-state index < -0.39 is 11.7 Å². The van der Waals surface area contributed by atoms with Crippen molar-refractivity contribution >= 4 is 5.97 Å². The summed E-state index contributed by atoms with van der Waals surface area (Å²) in [6, 6.07) is 5.48. The van der Waals surface area contributed by atoms with Crippen molar-refractivity contribution in [2.45, 2.75) is 104 Å². The minimum atomic E-state index is -4.32. The van der Waals surface area contributed by atoms with Crippen LogP contribution in [-0.4, -0.2) is 17.1 Å². The van der Waals surface area contributed by atoms with Gasteiger partial charge in [0.15, 0.2) is 0 Å². The number of hydrogen-bond donors (Lipinski definition) is 0. The molecular weight excluding hydrogens is 451 g/mol. The van der Waals surface area contributed by atoms with Crippen LogP contribution in [0, 0.1) is 5.92 Å². The molecule has 1 aromatic carbocycles. The van der Waals surface area contributed by atoms with Crippen molar-refractivity contribution in [3.63, 3.8) is 0 Å². The lowest BCUT2D eigenvalue weighted by Crippen LogP contribution is -2.19. The van der Waals surface area contributed by atoms with Crippen molar-refractivity contribution in [1.29, 1.82) is 0 Å². The van der Waals surface area contributed by atoms with E-state index in [9.17, 15) is 18.0 Å². The molecule has 1 atom stereocenters. The maximum Gasteiger partial charge on any atom is 0.416 e. The van der Waals surface area contributed by atoms with Gasteiger partial charge in [-0.3, -0.25) is 4.79 Å². The third kappa shape index (κ3) is 6.92. The Hall–Kier alpha value is -2.24. The number of carbonyl (C=O) groups excluding carboxylic acids is 1. The van der Waals surface area contributed by atoms with Gasteiger partial charge in [-0.15, -0.1) is 0 Å². The maximum atomic E-state index is 12.9. The number of fused-ring (bicyclic) bond motifs is 3. The Balaban J connectivity index is 0.000000623. The number of esters is 1. The summed E-state index contributed by atoms with van der Waals surface area (Å²) in [5, 5.41) is 0. The highest BCUT2D eigenvalue weighted by Crippen LogP contribution is 2.42. The molecule has 0 radical (unpaired) electrons. The third-order valence-electron chi connectivity index (χ3n) is 7.25. The normalized spacial score (nSPS) is 17.3. The fourth-order valence-electron chi connectivity index (χ4n) is 5.17. The zero-order valence-corrected chi connectivity index (χ0v) is 21.6. The van der Waals surface area contributed by atoms with Gasteiger partial charge in [0.2, 0.25) is 0 Å². The summed E-state index contributed by atoms with van der Waals surface area (Å²) in [5.74, 6) is 0.832. The third-order valence-corrected chi connectivity index (χ3v) is 7.25. The average molecular weight is 492 g/mol. The lowest BCUT2D eigenvalue weighted by molar-refractivity contribution is -0.143. The van der Waals surface area contributed by atoms with Crippen molar-refractivity contribution in [2.75, 3.05) is 6.61 Å². The van der Waals surface area contributed by atoms with Crippen LogP contribution in [0.3, 0.4) is 0 Å². The van der Waals surface area contributed by atoms with Crippen molar-refractivity contribution in [3.8, 4) is 0 Å². The molecule has 0 fully saturated rings. The van der Waals surface area contributed by atoms with E-state index in [0.29, 0.717) is 19.6 Å². The highest BCUT2D eigenvalue weighted by atomic mass is 19.4. The van der Waals surface area contributed by atoms with Gasteiger partial charge in [0, 0.05) is 23.9 Å². The highest BCUT2D eigenvalue weighted by molar-refractivity contribution is 5.70. The van der Waals surface area contributed by atoms with Gasteiger partial charge in [0.1, 0.15) is 0 Å². The lowest BCUT2D eigenvalue weighted by atomic mass is 9.82. The molecule has 35 heavy (non-hydrogen) atoms. The standard InChI is InChI=1S/C24H28F3NO2.C5H12/c1-2-30-22(29)14-17-6-5-8-20-19-7-3-4-9-21(19)28(23(17)20)15-16-10-12-18(13-11-16)24(25,26)27;1-4-5(2)3/h10-13,17H,2-9,14-15H2,1H3;5H,4H2,1-3H3. The summed E-state index contributed by atoms with van der Waals surface area (Å²) in [7, 11) is 0. The number of halogens is 3. The molecule has 1 heterocycles. The van der Waals surface area contributed by atoms with Crippen LogP contribution in [-0.2, 0) is 41.5 Å². The first-order valence-corrected chi connectivity index (χ1v) is 13.2. The molecule has 0 spiro atoms. The summed E-state index contributed by atoms with van der Waals surface area (Å²) in [6.07, 6.45) is 4.74. The molecule has 0 saturated heterocycles. The van der Waals surface area contributed by atoms with E-state index in [0.717, 1.165) is 62.1 Å². The fraction of sp³-hybridized carbons (Fsp3) is 0.621. The predicted molar refractivity (Wildman–Crippen MR) is 134 cm³/mol. The summed E-state index contributed by atoms with van der Waals surface area (Å²) in [5.41, 5.74) is 5.59. The Morgan fingerprint density at radius 2 is 1.66 bits per heavy atom. The molecule has 1 unspecified atom stereocenters. The summed E-state index contributed by atoms with van der Waals surface area (Å²) in [6.45, 7) is 9.39. The van der Waals surface area contributed by atoms with Gasteiger partial charge < -0.3 is 9.30 Å². The molecule has 0 amide bonds. The Kier molecular flexibility index (Phi) is 9.48. The Labute approximate surface area is 208 Å². The van der Waals surface area contributed by atoms with E-state index in [4.69, 9.17) is 4.74 Å². The molecule has 0 N–H and O–H groups in total. The summed E-state index contributed by atoms with van der Waals surface area (Å²) < 4.78 is 46.3. The number of ether oxygens (including phenoxy) is 1. The first kappa shape index (κ1) is 27.3. The minimum absolute atomic E-state index is 0.118. The van der Waals surface area contributed by atoms with E-state index in [2.05, 4.69) is 25.3 Å². The van der Waals surface area contributed by atoms with Crippen molar-refractivity contribution in [1.82, 2.24) is 4.57 Å². The second kappa shape index (κ2) is 12.1. The van der Waals surface area contributed by atoms with Gasteiger partial charge in [-0.05, 0) is 86.6 Å². The molecule has 2 aliphatic carbocycles. The SMILES string of the molecule is CCC(C)C.CCOC(=O)CC1CCCc2c3c(n(Cc4ccc(C(F)(F)F)cc4)c21)CCCC3. The summed E-state index contributed by atoms with van der Waals surface area (Å²) >= 11 is 0. The quantitative estimate of drug-likeness (QED) is 0.385. The second-order valence-corrected chi connectivity index (χ2v) is 10.2. The number of alkyl halides is 3. The molecule has 3 nitrogen and oxygen atoms in total. The van der Waals surface area contributed by atoms with E-state index >= 15 is 0 Å². The van der Waals surface area contributed by atoms with E-state index in [1.165, 1.54) is 35.4 Å². The molecule has 0 saturated carbocycles. The zero-order chi connectivity index (χ0) is 25.6. The number of rotatable bonds is 6. The number of hydrogen-bond acceptors (Lipinski definition) is 2. The largest absolute Gasteiger partial charge is 0.466 e. The molecule has 194 valence electrons. The van der Waals surface area contributed by atoms with Crippen LogP contribution in [0.4, 0.5) is 13.2 Å². The van der Waals surface area contributed by atoms with Gasteiger partial charge in [-0.25, -0.2) is 0 Å². The number of aromatic nitrogens is 1. The van der Waals surface area contributed by atoms with Crippen molar-refractivity contribution < 1.29 is 22.7 Å². The number of nitrogens with zero attached hydrogens (tertiary/aromatic N) is 1. The van der Waals surface area contributed by atoms with Crippen LogP contribution in [0.2, 0.25) is 0 Å². The molecule has 2 aliphatic rings. The Morgan fingerprint density at radius 3 is 2.26 bits per heavy atom. The second-order valence-electron chi connectivity index (χ2n) is 10.2. The lowest BCUT2D eigenvalue weighted by Gasteiger charge is -2.26. The molecule has 0 aliphatic heterocycles. The first-order chi connectivity index (χ1) is 16.7. The zero-order valence-electron chi connectivity index (χ0n) is 21.6.